The average molecular weight is 484 g/mol. The summed E-state index contributed by atoms with van der Waals surface area (Å²) in [5, 5.41) is 7.93. The molecule has 0 aromatic rings. The normalized spacial score (nSPS) is 26.4. The minimum atomic E-state index is 0. The van der Waals surface area contributed by atoms with Gasteiger partial charge in [0, 0.05) is 36.6 Å². The van der Waals surface area contributed by atoms with Crippen molar-refractivity contribution in [3.8, 4) is 0 Å². The fraction of sp³-hybridized carbons (Fsp3) is 0.944. The number of thioether (sulfide) groups is 1. The van der Waals surface area contributed by atoms with E-state index in [0.717, 1.165) is 50.4 Å². The molecular formula is C18H37IN4OS. The topological polar surface area (TPSA) is 48.9 Å². The van der Waals surface area contributed by atoms with Crippen LogP contribution in [0.15, 0.2) is 4.99 Å². The smallest absolute Gasteiger partial charge is 0.191 e. The second kappa shape index (κ2) is 11.9. The molecule has 2 atom stereocenters. The van der Waals surface area contributed by atoms with Crippen molar-refractivity contribution in [1.82, 2.24) is 15.5 Å². The van der Waals surface area contributed by atoms with Crippen molar-refractivity contribution in [2.24, 2.45) is 4.99 Å². The van der Waals surface area contributed by atoms with Crippen molar-refractivity contribution in [3.63, 3.8) is 0 Å². The van der Waals surface area contributed by atoms with E-state index in [-0.39, 0.29) is 29.5 Å². The molecule has 1 aliphatic heterocycles. The van der Waals surface area contributed by atoms with Gasteiger partial charge in [0.15, 0.2) is 5.96 Å². The molecule has 2 aliphatic rings. The Bertz CT molecular complexity index is 403. The first-order chi connectivity index (χ1) is 11.6. The largest absolute Gasteiger partial charge is 0.381 e. The lowest BCUT2D eigenvalue weighted by Gasteiger charge is -2.41. The summed E-state index contributed by atoms with van der Waals surface area (Å²) in [6.07, 6.45) is 5.96. The minimum absolute atomic E-state index is 0. The van der Waals surface area contributed by atoms with Crippen LogP contribution < -0.4 is 10.6 Å². The highest BCUT2D eigenvalue weighted by atomic mass is 127. The van der Waals surface area contributed by atoms with Gasteiger partial charge in [-0.05, 0) is 58.9 Å². The van der Waals surface area contributed by atoms with Crippen LogP contribution in [0.1, 0.15) is 46.0 Å². The van der Waals surface area contributed by atoms with Crippen LogP contribution in [0.5, 0.6) is 0 Å². The zero-order chi connectivity index (χ0) is 17.4. The van der Waals surface area contributed by atoms with E-state index in [1.807, 2.05) is 0 Å². The van der Waals surface area contributed by atoms with Crippen molar-refractivity contribution < 1.29 is 4.74 Å². The van der Waals surface area contributed by atoms with Crippen molar-refractivity contribution >= 4 is 41.7 Å². The summed E-state index contributed by atoms with van der Waals surface area (Å²) in [5.74, 6) is 2.20. The van der Waals surface area contributed by atoms with E-state index in [2.05, 4.69) is 55.2 Å². The first kappa shape index (κ1) is 23.3. The van der Waals surface area contributed by atoms with Gasteiger partial charge in [0.05, 0.1) is 6.54 Å². The van der Waals surface area contributed by atoms with Gasteiger partial charge in [-0.1, -0.05) is 6.92 Å². The molecule has 2 rings (SSSR count). The Labute approximate surface area is 175 Å². The van der Waals surface area contributed by atoms with Crippen molar-refractivity contribution in [1.29, 1.82) is 0 Å². The number of hydrogen-bond donors (Lipinski definition) is 2. The Balaban J connectivity index is 0.00000312. The van der Waals surface area contributed by atoms with Crippen LogP contribution in [0.25, 0.3) is 0 Å². The summed E-state index contributed by atoms with van der Waals surface area (Å²) < 4.78 is 5.56. The second-order valence-corrected chi connectivity index (χ2v) is 8.74. The van der Waals surface area contributed by atoms with Crippen LogP contribution in [0.4, 0.5) is 0 Å². The van der Waals surface area contributed by atoms with Crippen LogP contribution in [-0.4, -0.2) is 73.8 Å². The standard InChI is InChI=1S/C18H36N4OS.HI/c1-5-19-17(21-15-7-8-16(13-15)24-6-2)20-14-18(22(3)4)9-11-23-12-10-18;/h15-16H,5-14H2,1-4H3,(H2,19,20,21);1H. The molecule has 5 nitrogen and oxygen atoms in total. The molecule has 25 heavy (non-hydrogen) atoms. The van der Waals surface area contributed by atoms with Crippen LogP contribution in [0.3, 0.4) is 0 Å². The van der Waals surface area contributed by atoms with E-state index >= 15 is 0 Å². The minimum Gasteiger partial charge on any atom is -0.381 e. The summed E-state index contributed by atoms with van der Waals surface area (Å²) in [6.45, 7) is 7.82. The highest BCUT2D eigenvalue weighted by Gasteiger charge is 2.35. The molecule has 1 saturated heterocycles. The predicted octanol–water partition coefficient (Wildman–Crippen LogP) is 2.94. The molecule has 148 valence electrons. The lowest BCUT2D eigenvalue weighted by Crippen LogP contribution is -2.52. The highest BCUT2D eigenvalue weighted by molar-refractivity contribution is 14.0. The Morgan fingerprint density at radius 3 is 2.56 bits per heavy atom. The number of nitrogens with one attached hydrogen (secondary N) is 2. The fourth-order valence-corrected chi connectivity index (χ4v) is 4.84. The highest BCUT2D eigenvalue weighted by Crippen LogP contribution is 2.30. The quantitative estimate of drug-likeness (QED) is 0.331. The molecule has 0 bridgehead atoms. The number of likely N-dealkylation sites (N-methyl/N-ethyl adjacent to an activating group) is 1. The third-order valence-corrected chi connectivity index (χ3v) is 6.61. The number of ether oxygens (including phenoxy) is 1. The molecule has 1 heterocycles. The molecular weight excluding hydrogens is 447 g/mol. The van der Waals surface area contributed by atoms with Gasteiger partial charge in [-0.15, -0.1) is 24.0 Å². The number of hydrogen-bond acceptors (Lipinski definition) is 4. The SMILES string of the molecule is CCNC(=NCC1(N(C)C)CCOCC1)NC1CCC(SCC)C1.I. The molecule has 2 unspecified atom stereocenters. The number of nitrogens with zero attached hydrogens (tertiary/aromatic N) is 2. The lowest BCUT2D eigenvalue weighted by molar-refractivity contribution is -0.00255. The maximum Gasteiger partial charge on any atom is 0.191 e. The molecule has 2 N–H and O–H groups in total. The Kier molecular flexibility index (Phi) is 11.1. The van der Waals surface area contributed by atoms with Crippen LogP contribution in [0, 0.1) is 0 Å². The van der Waals surface area contributed by atoms with E-state index in [1.165, 1.54) is 25.0 Å². The van der Waals surface area contributed by atoms with Crippen LogP contribution in [0.2, 0.25) is 0 Å². The van der Waals surface area contributed by atoms with Gasteiger partial charge in [0.2, 0.25) is 0 Å². The van der Waals surface area contributed by atoms with Crippen LogP contribution in [-0.2, 0) is 4.74 Å². The third kappa shape index (κ3) is 7.07. The molecule has 1 saturated carbocycles. The zero-order valence-electron chi connectivity index (χ0n) is 16.3. The molecule has 0 radical (unpaired) electrons. The zero-order valence-corrected chi connectivity index (χ0v) is 19.5. The van der Waals surface area contributed by atoms with Crippen molar-refractivity contribution in [2.75, 3.05) is 46.2 Å². The first-order valence-electron chi connectivity index (χ1n) is 9.51. The summed E-state index contributed by atoms with van der Waals surface area (Å²) in [7, 11) is 4.34. The number of halogens is 1. The second-order valence-electron chi connectivity index (χ2n) is 7.16. The van der Waals surface area contributed by atoms with E-state index in [0.29, 0.717) is 6.04 Å². The van der Waals surface area contributed by atoms with Gasteiger partial charge >= 0.3 is 0 Å². The van der Waals surface area contributed by atoms with Gasteiger partial charge in [0.25, 0.3) is 0 Å². The summed E-state index contributed by atoms with van der Waals surface area (Å²) in [5.41, 5.74) is 0.136. The maximum atomic E-state index is 5.56. The van der Waals surface area contributed by atoms with Crippen LogP contribution >= 0.6 is 35.7 Å². The molecule has 2 fully saturated rings. The number of rotatable bonds is 7. The van der Waals surface area contributed by atoms with Gasteiger partial charge < -0.3 is 20.3 Å². The summed E-state index contributed by atoms with van der Waals surface area (Å²) >= 11 is 2.10. The van der Waals surface area contributed by atoms with Crippen molar-refractivity contribution in [3.05, 3.63) is 0 Å². The van der Waals surface area contributed by atoms with E-state index < -0.39 is 0 Å². The predicted molar refractivity (Wildman–Crippen MR) is 121 cm³/mol. The van der Waals surface area contributed by atoms with E-state index in [4.69, 9.17) is 9.73 Å². The van der Waals surface area contributed by atoms with E-state index in [9.17, 15) is 0 Å². The van der Waals surface area contributed by atoms with Gasteiger partial charge in [-0.25, -0.2) is 0 Å². The van der Waals surface area contributed by atoms with Gasteiger partial charge in [-0.2, -0.15) is 11.8 Å². The molecule has 0 aromatic heterocycles. The number of guanidine groups is 1. The Hall–Kier alpha value is 0.270. The summed E-state index contributed by atoms with van der Waals surface area (Å²) in [4.78, 5) is 7.29. The Morgan fingerprint density at radius 1 is 1.24 bits per heavy atom. The number of aliphatic imine (C=N–C) groups is 1. The van der Waals surface area contributed by atoms with Crippen molar-refractivity contribution in [2.45, 2.75) is 62.8 Å². The average Bonchev–Trinajstić information content (AvgIpc) is 3.01. The maximum absolute atomic E-state index is 5.56. The third-order valence-electron chi connectivity index (χ3n) is 5.38. The van der Waals surface area contributed by atoms with Gasteiger partial charge in [0.1, 0.15) is 0 Å². The monoisotopic (exact) mass is 484 g/mol. The molecule has 1 aliphatic carbocycles. The molecule has 0 spiro atoms. The van der Waals surface area contributed by atoms with Gasteiger partial charge in [-0.3, -0.25) is 4.99 Å². The molecule has 0 amide bonds. The molecule has 7 heteroatoms. The summed E-state index contributed by atoms with van der Waals surface area (Å²) in [6, 6.07) is 0.567. The lowest BCUT2D eigenvalue weighted by atomic mass is 9.89. The Morgan fingerprint density at radius 2 is 1.96 bits per heavy atom. The van der Waals surface area contributed by atoms with E-state index in [1.54, 1.807) is 0 Å². The fourth-order valence-electron chi connectivity index (χ4n) is 3.70. The first-order valence-corrected chi connectivity index (χ1v) is 10.6. The molecule has 0 aromatic carbocycles.